The van der Waals surface area contributed by atoms with E-state index in [4.69, 9.17) is 0 Å². The van der Waals surface area contributed by atoms with Gasteiger partial charge in [-0.15, -0.1) is 0 Å². The minimum Gasteiger partial charge on any atom is -0.359 e. The minimum absolute atomic E-state index is 0.166. The molecule has 9 heteroatoms. The summed E-state index contributed by atoms with van der Waals surface area (Å²) in [6.07, 6.45) is -4.29. The minimum atomic E-state index is -4.47. The zero-order valence-electron chi connectivity index (χ0n) is 13.8. The van der Waals surface area contributed by atoms with Crippen LogP contribution in [0.5, 0.6) is 0 Å². The highest BCUT2D eigenvalue weighted by Crippen LogP contribution is 2.29. The molecule has 0 aliphatic heterocycles. The maximum Gasteiger partial charge on any atom is 0.416 e. The van der Waals surface area contributed by atoms with Gasteiger partial charge >= 0.3 is 6.18 Å². The Morgan fingerprint density at radius 3 is 2.00 bits per heavy atom. The summed E-state index contributed by atoms with van der Waals surface area (Å²) in [5.41, 5.74) is 0.424. The summed E-state index contributed by atoms with van der Waals surface area (Å²) in [7, 11) is -2.27. The third-order valence-corrected chi connectivity index (χ3v) is 4.77. The molecule has 0 saturated carbocycles. The number of hydrogen-bond donors (Lipinski definition) is 2. The molecule has 2 aromatic carbocycles. The molecule has 140 valence electrons. The summed E-state index contributed by atoms with van der Waals surface area (Å²) in [6.45, 7) is 0. The zero-order valence-corrected chi connectivity index (χ0v) is 14.6. The van der Waals surface area contributed by atoms with Crippen molar-refractivity contribution in [2.75, 3.05) is 11.8 Å². The number of rotatable bonds is 6. The number of hydrogen-bond acceptors (Lipinski definition) is 3. The topological polar surface area (TPSA) is 75.3 Å². The fraction of sp³-hybridized carbons (Fsp3) is 0.235. The fourth-order valence-electron chi connectivity index (χ4n) is 2.19. The Morgan fingerprint density at radius 1 is 0.962 bits per heavy atom. The van der Waals surface area contributed by atoms with E-state index in [0.29, 0.717) is 5.69 Å². The molecule has 0 aliphatic rings. The summed E-state index contributed by atoms with van der Waals surface area (Å²) in [4.78, 5) is 11.3. The van der Waals surface area contributed by atoms with Gasteiger partial charge in [-0.05, 0) is 35.4 Å². The molecule has 2 N–H and O–H groups in total. The molecule has 0 spiro atoms. The molecule has 0 heterocycles. The van der Waals surface area contributed by atoms with Crippen LogP contribution in [-0.2, 0) is 33.2 Å². The van der Waals surface area contributed by atoms with Crippen LogP contribution < -0.4 is 10.0 Å². The lowest BCUT2D eigenvalue weighted by atomic mass is 10.1. The van der Waals surface area contributed by atoms with E-state index in [9.17, 15) is 26.4 Å². The van der Waals surface area contributed by atoms with E-state index >= 15 is 0 Å². The van der Waals surface area contributed by atoms with Gasteiger partial charge in [-0.3, -0.25) is 9.52 Å². The second-order valence-corrected chi connectivity index (χ2v) is 7.33. The van der Waals surface area contributed by atoms with Crippen molar-refractivity contribution >= 4 is 21.6 Å². The number of carbonyl (C=O) groups is 1. The second-order valence-electron chi connectivity index (χ2n) is 5.60. The Hall–Kier alpha value is -2.55. The van der Waals surface area contributed by atoms with Gasteiger partial charge < -0.3 is 5.32 Å². The van der Waals surface area contributed by atoms with Crippen molar-refractivity contribution in [2.24, 2.45) is 0 Å². The first kappa shape index (κ1) is 19.8. The lowest BCUT2D eigenvalue weighted by Gasteiger charge is -2.10. The van der Waals surface area contributed by atoms with Gasteiger partial charge in [-0.25, -0.2) is 8.42 Å². The summed E-state index contributed by atoms with van der Waals surface area (Å²) >= 11 is 0. The first-order chi connectivity index (χ1) is 12.1. The van der Waals surface area contributed by atoms with Gasteiger partial charge in [0.1, 0.15) is 0 Å². The smallest absolute Gasteiger partial charge is 0.359 e. The maximum atomic E-state index is 12.5. The van der Waals surface area contributed by atoms with Gasteiger partial charge in [-0.2, -0.15) is 13.2 Å². The highest BCUT2D eigenvalue weighted by Gasteiger charge is 2.30. The van der Waals surface area contributed by atoms with Crippen LogP contribution in [-0.4, -0.2) is 21.4 Å². The molecule has 0 saturated heterocycles. The van der Waals surface area contributed by atoms with Crippen LogP contribution in [0.15, 0.2) is 48.5 Å². The van der Waals surface area contributed by atoms with Crippen molar-refractivity contribution in [1.82, 2.24) is 5.32 Å². The first-order valence-electron chi connectivity index (χ1n) is 7.55. The zero-order chi connectivity index (χ0) is 19.4. The molecule has 2 rings (SSSR count). The number of carbonyl (C=O) groups excluding carboxylic acids is 1. The predicted molar refractivity (Wildman–Crippen MR) is 91.9 cm³/mol. The van der Waals surface area contributed by atoms with Crippen LogP contribution in [0.4, 0.5) is 18.9 Å². The van der Waals surface area contributed by atoms with Crippen LogP contribution in [0, 0.1) is 0 Å². The highest BCUT2D eigenvalue weighted by atomic mass is 32.2. The molecule has 1 amide bonds. The van der Waals surface area contributed by atoms with Crippen molar-refractivity contribution in [1.29, 1.82) is 0 Å². The monoisotopic (exact) mass is 386 g/mol. The van der Waals surface area contributed by atoms with E-state index < -0.39 is 27.5 Å². The number of sulfonamides is 1. The van der Waals surface area contributed by atoms with Crippen LogP contribution in [0.3, 0.4) is 0 Å². The molecule has 2 aromatic rings. The Kier molecular flexibility index (Phi) is 5.91. The summed E-state index contributed by atoms with van der Waals surface area (Å²) in [5.74, 6) is -0.619. The highest BCUT2D eigenvalue weighted by molar-refractivity contribution is 7.91. The molecular weight excluding hydrogens is 369 g/mol. The molecular formula is C17H17F3N2O3S. The lowest BCUT2D eigenvalue weighted by Crippen LogP contribution is -2.20. The summed E-state index contributed by atoms with van der Waals surface area (Å²) < 4.78 is 64.3. The van der Waals surface area contributed by atoms with Crippen molar-refractivity contribution in [3.63, 3.8) is 0 Å². The van der Waals surface area contributed by atoms with Gasteiger partial charge in [0.25, 0.3) is 0 Å². The number of benzene rings is 2. The molecule has 0 radical (unpaired) electrons. The number of likely N-dealkylation sites (N-methyl/N-ethyl adjacent to an activating group) is 1. The van der Waals surface area contributed by atoms with Gasteiger partial charge in [0.15, 0.2) is 0 Å². The maximum absolute atomic E-state index is 12.5. The SMILES string of the molecule is CNC(=O)Cc1ccc(NS(=O)(=O)Cc2ccc(C(F)(F)F)cc2)cc1. The number of anilines is 1. The summed E-state index contributed by atoms with van der Waals surface area (Å²) in [5, 5.41) is 2.49. The van der Waals surface area contributed by atoms with Crippen LogP contribution in [0.25, 0.3) is 0 Å². The Labute approximate surface area is 149 Å². The van der Waals surface area contributed by atoms with Crippen molar-refractivity contribution in [2.45, 2.75) is 18.3 Å². The van der Waals surface area contributed by atoms with E-state index in [1.165, 1.54) is 19.2 Å². The molecule has 0 aliphatic carbocycles. The fourth-order valence-corrected chi connectivity index (χ4v) is 3.39. The quantitative estimate of drug-likeness (QED) is 0.802. The third-order valence-electron chi connectivity index (χ3n) is 3.51. The number of amides is 1. The van der Waals surface area contributed by atoms with Crippen molar-refractivity contribution in [3.05, 3.63) is 65.2 Å². The van der Waals surface area contributed by atoms with E-state index in [2.05, 4.69) is 10.0 Å². The molecule has 26 heavy (non-hydrogen) atoms. The van der Waals surface area contributed by atoms with Gasteiger partial charge in [0.2, 0.25) is 15.9 Å². The normalized spacial score (nSPS) is 11.8. The van der Waals surface area contributed by atoms with Gasteiger partial charge in [-0.1, -0.05) is 24.3 Å². The van der Waals surface area contributed by atoms with Gasteiger partial charge in [0, 0.05) is 12.7 Å². The number of halogens is 3. The molecule has 0 atom stereocenters. The second kappa shape index (κ2) is 7.77. The average Bonchev–Trinajstić information content (AvgIpc) is 2.55. The van der Waals surface area contributed by atoms with Gasteiger partial charge in [0.05, 0.1) is 17.7 Å². The van der Waals surface area contributed by atoms with E-state index in [1.54, 1.807) is 12.1 Å². The Balaban J connectivity index is 2.03. The molecule has 5 nitrogen and oxygen atoms in total. The Bertz CT molecular complexity index is 862. The van der Waals surface area contributed by atoms with Crippen molar-refractivity contribution < 1.29 is 26.4 Å². The molecule has 0 aromatic heterocycles. The number of nitrogens with one attached hydrogen (secondary N) is 2. The van der Waals surface area contributed by atoms with E-state index in [-0.39, 0.29) is 17.9 Å². The predicted octanol–water partition coefficient (Wildman–Crippen LogP) is 2.94. The molecule has 0 fully saturated rings. The van der Waals surface area contributed by atoms with Crippen molar-refractivity contribution in [3.8, 4) is 0 Å². The Morgan fingerprint density at radius 2 is 1.50 bits per heavy atom. The average molecular weight is 386 g/mol. The van der Waals surface area contributed by atoms with Crippen LogP contribution in [0.1, 0.15) is 16.7 Å². The van der Waals surface area contributed by atoms with E-state index in [1.807, 2.05) is 0 Å². The largest absolute Gasteiger partial charge is 0.416 e. The van der Waals surface area contributed by atoms with Crippen LogP contribution in [0.2, 0.25) is 0 Å². The third kappa shape index (κ3) is 5.76. The van der Waals surface area contributed by atoms with E-state index in [0.717, 1.165) is 29.8 Å². The summed E-state index contributed by atoms with van der Waals surface area (Å²) in [6, 6.07) is 10.2. The molecule has 0 bridgehead atoms. The lowest BCUT2D eigenvalue weighted by molar-refractivity contribution is -0.137. The standard InChI is InChI=1S/C17H17F3N2O3S/c1-21-16(23)10-12-4-8-15(9-5-12)22-26(24,25)11-13-2-6-14(7-3-13)17(18,19)20/h2-9,22H,10-11H2,1H3,(H,21,23). The number of alkyl halides is 3. The van der Waals surface area contributed by atoms with Crippen LogP contribution >= 0.6 is 0 Å². The molecule has 0 unspecified atom stereocenters. The first-order valence-corrected chi connectivity index (χ1v) is 9.20.